The Hall–Kier alpha value is -1.29. The predicted molar refractivity (Wildman–Crippen MR) is 81.4 cm³/mol. The van der Waals surface area contributed by atoms with Gasteiger partial charge in [-0.2, -0.15) is 5.10 Å². The summed E-state index contributed by atoms with van der Waals surface area (Å²) in [6.07, 6.45) is 5.53. The van der Waals surface area contributed by atoms with Gasteiger partial charge in [0, 0.05) is 28.5 Å². The number of hydrogen-bond donors (Lipinski definition) is 1. The molecule has 0 saturated carbocycles. The molecule has 1 unspecified atom stereocenters. The van der Waals surface area contributed by atoms with Gasteiger partial charge in [0.15, 0.2) is 0 Å². The first kappa shape index (κ1) is 12.7. The number of benzene rings is 1. The second kappa shape index (κ2) is 5.00. The minimum atomic E-state index is 0.371. The van der Waals surface area contributed by atoms with Gasteiger partial charge in [0.25, 0.3) is 0 Å². The van der Waals surface area contributed by atoms with Crippen molar-refractivity contribution in [2.75, 3.05) is 5.32 Å². The van der Waals surface area contributed by atoms with Crippen LogP contribution < -0.4 is 5.32 Å². The number of fused-ring (bicyclic) bond motifs is 1. The number of halogens is 1. The molecule has 19 heavy (non-hydrogen) atoms. The van der Waals surface area contributed by atoms with Crippen LogP contribution in [0.15, 0.2) is 28.9 Å². The van der Waals surface area contributed by atoms with E-state index in [4.69, 9.17) is 0 Å². The number of nitrogens with one attached hydrogen (secondary N) is 1. The molecule has 1 heterocycles. The van der Waals surface area contributed by atoms with Crippen molar-refractivity contribution in [2.24, 2.45) is 7.05 Å². The van der Waals surface area contributed by atoms with Crippen LogP contribution in [0.1, 0.15) is 35.7 Å². The number of nitrogens with zero attached hydrogens (tertiary/aromatic N) is 2. The highest BCUT2D eigenvalue weighted by atomic mass is 79.9. The minimum absolute atomic E-state index is 0.371. The smallest absolute Gasteiger partial charge is 0.0548 e. The van der Waals surface area contributed by atoms with E-state index in [1.165, 1.54) is 35.3 Å². The molecule has 0 spiro atoms. The van der Waals surface area contributed by atoms with Crippen LogP contribution in [0.5, 0.6) is 0 Å². The van der Waals surface area contributed by atoms with Crippen molar-refractivity contribution in [1.29, 1.82) is 0 Å². The molecule has 2 aromatic rings. The molecule has 1 atom stereocenters. The summed E-state index contributed by atoms with van der Waals surface area (Å²) in [5, 5.41) is 8.05. The topological polar surface area (TPSA) is 29.9 Å². The van der Waals surface area contributed by atoms with Crippen LogP contribution in [-0.2, 0) is 13.5 Å². The average molecular weight is 320 g/mol. The van der Waals surface area contributed by atoms with Gasteiger partial charge in [0.05, 0.1) is 12.2 Å². The Labute approximate surface area is 122 Å². The first-order valence-electron chi connectivity index (χ1n) is 6.68. The van der Waals surface area contributed by atoms with Crippen LogP contribution in [0.3, 0.4) is 0 Å². The molecule has 100 valence electrons. The monoisotopic (exact) mass is 319 g/mol. The summed E-state index contributed by atoms with van der Waals surface area (Å²) >= 11 is 3.62. The fraction of sp³-hybridized carbons (Fsp3) is 0.400. The molecule has 1 aliphatic carbocycles. The molecule has 0 radical (unpaired) electrons. The van der Waals surface area contributed by atoms with Crippen molar-refractivity contribution in [1.82, 2.24) is 9.78 Å². The quantitative estimate of drug-likeness (QED) is 0.907. The van der Waals surface area contributed by atoms with E-state index < -0.39 is 0 Å². The van der Waals surface area contributed by atoms with Crippen LogP contribution in [0.2, 0.25) is 0 Å². The Morgan fingerprint density at radius 2 is 2.26 bits per heavy atom. The Balaban J connectivity index is 1.90. The highest BCUT2D eigenvalue weighted by Gasteiger charge is 2.23. The number of rotatable bonds is 2. The zero-order valence-electron chi connectivity index (χ0n) is 11.3. The molecular formula is C15H18BrN3. The van der Waals surface area contributed by atoms with Gasteiger partial charge >= 0.3 is 0 Å². The summed E-state index contributed by atoms with van der Waals surface area (Å²) in [7, 11) is 2.03. The fourth-order valence-electron chi connectivity index (χ4n) is 2.79. The highest BCUT2D eigenvalue weighted by Crippen LogP contribution is 2.34. The highest BCUT2D eigenvalue weighted by molar-refractivity contribution is 9.10. The van der Waals surface area contributed by atoms with E-state index in [-0.39, 0.29) is 0 Å². The maximum atomic E-state index is 4.40. The lowest BCUT2D eigenvalue weighted by Gasteiger charge is -2.25. The molecule has 1 aromatic heterocycles. The Kier molecular flexibility index (Phi) is 3.35. The minimum Gasteiger partial charge on any atom is -0.377 e. The van der Waals surface area contributed by atoms with Crippen molar-refractivity contribution in [3.05, 3.63) is 45.7 Å². The number of hydrogen-bond acceptors (Lipinski definition) is 2. The van der Waals surface area contributed by atoms with Crippen molar-refractivity contribution in [3.8, 4) is 0 Å². The number of aryl methyl sites for hydroxylation is 2. The zero-order chi connectivity index (χ0) is 13.4. The van der Waals surface area contributed by atoms with Gasteiger partial charge in [-0.05, 0) is 59.8 Å². The van der Waals surface area contributed by atoms with E-state index >= 15 is 0 Å². The maximum Gasteiger partial charge on any atom is 0.0548 e. The van der Waals surface area contributed by atoms with Gasteiger partial charge in [0.1, 0.15) is 0 Å². The predicted octanol–water partition coefficient (Wildman–Crippen LogP) is 3.98. The summed E-state index contributed by atoms with van der Waals surface area (Å²) < 4.78 is 3.13. The molecule has 0 amide bonds. The van der Waals surface area contributed by atoms with Gasteiger partial charge < -0.3 is 5.32 Å². The van der Waals surface area contributed by atoms with E-state index in [0.717, 1.165) is 10.9 Å². The molecule has 4 heteroatoms. The normalized spacial score (nSPS) is 18.2. The first-order valence-corrected chi connectivity index (χ1v) is 7.48. The van der Waals surface area contributed by atoms with Crippen LogP contribution in [0.25, 0.3) is 0 Å². The van der Waals surface area contributed by atoms with Crippen molar-refractivity contribution < 1.29 is 0 Å². The second-order valence-electron chi connectivity index (χ2n) is 5.24. The van der Waals surface area contributed by atoms with Crippen molar-refractivity contribution >= 4 is 21.6 Å². The van der Waals surface area contributed by atoms with Crippen LogP contribution in [0.4, 0.5) is 5.69 Å². The molecule has 0 fully saturated rings. The summed E-state index contributed by atoms with van der Waals surface area (Å²) in [6.45, 7) is 2.12. The molecule has 1 N–H and O–H groups in total. The molecule has 0 bridgehead atoms. The van der Waals surface area contributed by atoms with Gasteiger partial charge in [-0.3, -0.25) is 4.68 Å². The molecule has 3 nitrogen and oxygen atoms in total. The Morgan fingerprint density at radius 3 is 3.11 bits per heavy atom. The maximum absolute atomic E-state index is 4.40. The lowest BCUT2D eigenvalue weighted by atomic mass is 9.93. The standard InChI is InChI=1S/C15H18BrN3/c1-10-6-7-12(16)14(8-10)18-13-4-3-5-15-11(13)9-17-19(15)2/h6-9,13,18H,3-5H2,1-2H3. The average Bonchev–Trinajstić information content (AvgIpc) is 2.77. The van der Waals surface area contributed by atoms with E-state index in [1.54, 1.807) is 0 Å². The second-order valence-corrected chi connectivity index (χ2v) is 6.10. The van der Waals surface area contributed by atoms with Gasteiger partial charge in [-0.1, -0.05) is 6.07 Å². The Morgan fingerprint density at radius 1 is 1.42 bits per heavy atom. The van der Waals surface area contributed by atoms with E-state index in [0.29, 0.717) is 6.04 Å². The van der Waals surface area contributed by atoms with Gasteiger partial charge in [-0.25, -0.2) is 0 Å². The zero-order valence-corrected chi connectivity index (χ0v) is 12.9. The molecule has 0 aliphatic heterocycles. The third-order valence-electron chi connectivity index (χ3n) is 3.83. The van der Waals surface area contributed by atoms with Crippen molar-refractivity contribution in [2.45, 2.75) is 32.2 Å². The summed E-state index contributed by atoms with van der Waals surface area (Å²) in [5.41, 5.74) is 5.16. The van der Waals surface area contributed by atoms with E-state index in [9.17, 15) is 0 Å². The number of anilines is 1. The van der Waals surface area contributed by atoms with E-state index in [2.05, 4.69) is 51.5 Å². The number of aromatic nitrogens is 2. The third kappa shape index (κ3) is 2.41. The lowest BCUT2D eigenvalue weighted by molar-refractivity contribution is 0.571. The fourth-order valence-corrected chi connectivity index (χ4v) is 3.15. The van der Waals surface area contributed by atoms with Crippen LogP contribution >= 0.6 is 15.9 Å². The molecule has 0 saturated heterocycles. The molecule has 1 aliphatic rings. The third-order valence-corrected chi connectivity index (χ3v) is 4.52. The van der Waals surface area contributed by atoms with Gasteiger partial charge in [-0.15, -0.1) is 0 Å². The Bertz CT molecular complexity index is 603. The largest absolute Gasteiger partial charge is 0.377 e. The summed E-state index contributed by atoms with van der Waals surface area (Å²) in [4.78, 5) is 0. The summed E-state index contributed by atoms with van der Waals surface area (Å²) in [6, 6.07) is 6.78. The van der Waals surface area contributed by atoms with Crippen molar-refractivity contribution in [3.63, 3.8) is 0 Å². The molecular weight excluding hydrogens is 302 g/mol. The first-order chi connectivity index (χ1) is 9.15. The molecule has 1 aromatic carbocycles. The van der Waals surface area contributed by atoms with E-state index in [1.807, 2.05) is 17.9 Å². The summed E-state index contributed by atoms with van der Waals surface area (Å²) in [5.74, 6) is 0. The lowest BCUT2D eigenvalue weighted by Crippen LogP contribution is -2.18. The van der Waals surface area contributed by atoms with Gasteiger partial charge in [0.2, 0.25) is 0 Å². The van der Waals surface area contributed by atoms with Crippen LogP contribution in [-0.4, -0.2) is 9.78 Å². The molecule has 3 rings (SSSR count). The SMILES string of the molecule is Cc1ccc(Br)c(NC2CCCc3c2cnn3C)c1. The van der Waals surface area contributed by atoms with Crippen LogP contribution in [0, 0.1) is 6.92 Å².